The Balaban J connectivity index is 0.00000172. The summed E-state index contributed by atoms with van der Waals surface area (Å²) in [5.74, 6) is 0.884. The summed E-state index contributed by atoms with van der Waals surface area (Å²) in [6.07, 6.45) is 6.08. The Bertz CT molecular complexity index is 470. The van der Waals surface area contributed by atoms with Gasteiger partial charge in [-0.25, -0.2) is 0 Å². The first-order chi connectivity index (χ1) is 9.78. The average Bonchev–Trinajstić information content (AvgIpc) is 2.53. The second-order valence-electron chi connectivity index (χ2n) is 3.77. The van der Waals surface area contributed by atoms with Crippen molar-refractivity contribution in [2.45, 2.75) is 34.6 Å². The predicted molar refractivity (Wildman–Crippen MR) is 90.8 cm³/mol. The molecule has 0 amide bonds. The molecule has 0 aromatic heterocycles. The van der Waals surface area contributed by atoms with Gasteiger partial charge >= 0.3 is 0 Å². The molecule has 1 rings (SSSR count). The van der Waals surface area contributed by atoms with Gasteiger partial charge in [0.15, 0.2) is 0 Å². The molecule has 0 radical (unpaired) electrons. The van der Waals surface area contributed by atoms with Crippen molar-refractivity contribution < 1.29 is 4.74 Å². The normalized spacial score (nSPS) is 12.1. The maximum atomic E-state index is 5.41. The van der Waals surface area contributed by atoms with Gasteiger partial charge in [-0.05, 0) is 38.0 Å². The Morgan fingerprint density at radius 2 is 1.80 bits per heavy atom. The van der Waals surface area contributed by atoms with Crippen LogP contribution < -0.4 is 4.74 Å². The third kappa shape index (κ3) is 5.04. The molecule has 0 saturated heterocycles. The van der Waals surface area contributed by atoms with Crippen LogP contribution in [0.1, 0.15) is 40.2 Å². The molecule has 1 aromatic carbocycles. The fraction of sp³-hybridized carbons (Fsp3) is 0.389. The lowest BCUT2D eigenvalue weighted by atomic mass is 9.97. The minimum Gasteiger partial charge on any atom is -0.496 e. The highest BCUT2D eigenvalue weighted by atomic mass is 16.5. The van der Waals surface area contributed by atoms with Gasteiger partial charge in [-0.2, -0.15) is 0 Å². The molecule has 0 aliphatic rings. The standard InChI is InChI=1S/C16H21NO.C2H6/c1-5-13(12-17-7-3)14(6-2)15-10-8-9-11-16(15)18-4;1-2/h5-6,8-12H,7H2,1-4H3;1-2H3/b13-5-,14-6+,17-12?;. The number of hydrogen-bond donors (Lipinski definition) is 0. The molecule has 110 valence electrons. The number of allylic oxidation sites excluding steroid dienone is 4. The number of rotatable bonds is 5. The van der Waals surface area contributed by atoms with E-state index in [4.69, 9.17) is 4.74 Å². The van der Waals surface area contributed by atoms with Crippen molar-refractivity contribution in [3.05, 3.63) is 47.6 Å². The Hall–Kier alpha value is -1.83. The predicted octanol–water partition coefficient (Wildman–Crippen LogP) is 5.16. The molecule has 2 heteroatoms. The lowest BCUT2D eigenvalue weighted by Gasteiger charge is -2.12. The molecule has 0 spiro atoms. The maximum Gasteiger partial charge on any atom is 0.126 e. The SMILES string of the molecule is C/C=C(C=NCC)\C(=C/C)c1ccccc1OC.CC. The third-order valence-electron chi connectivity index (χ3n) is 2.72. The Morgan fingerprint density at radius 3 is 2.30 bits per heavy atom. The van der Waals surface area contributed by atoms with Crippen LogP contribution in [0.3, 0.4) is 0 Å². The van der Waals surface area contributed by atoms with E-state index in [-0.39, 0.29) is 0 Å². The second kappa shape index (κ2) is 11.0. The van der Waals surface area contributed by atoms with Crippen molar-refractivity contribution in [3.8, 4) is 5.75 Å². The third-order valence-corrected chi connectivity index (χ3v) is 2.72. The van der Waals surface area contributed by atoms with E-state index in [1.807, 2.05) is 59.0 Å². The first-order valence-electron chi connectivity index (χ1n) is 7.24. The van der Waals surface area contributed by atoms with Gasteiger partial charge in [0.05, 0.1) is 7.11 Å². The van der Waals surface area contributed by atoms with Crippen molar-refractivity contribution in [1.29, 1.82) is 0 Å². The second-order valence-corrected chi connectivity index (χ2v) is 3.77. The fourth-order valence-electron chi connectivity index (χ4n) is 1.83. The number of methoxy groups -OCH3 is 1. The molecule has 1 aromatic rings. The monoisotopic (exact) mass is 273 g/mol. The van der Waals surface area contributed by atoms with Crippen molar-refractivity contribution in [2.75, 3.05) is 13.7 Å². The minimum absolute atomic E-state index is 0.792. The van der Waals surface area contributed by atoms with Crippen LogP contribution in [0.5, 0.6) is 5.75 Å². The molecule has 0 bridgehead atoms. The summed E-state index contributed by atoms with van der Waals surface area (Å²) in [7, 11) is 1.70. The van der Waals surface area contributed by atoms with Crippen LogP contribution in [0.25, 0.3) is 5.57 Å². The van der Waals surface area contributed by atoms with Crippen molar-refractivity contribution in [1.82, 2.24) is 0 Å². The molecular weight excluding hydrogens is 246 g/mol. The van der Waals surface area contributed by atoms with Crippen LogP contribution in [0.4, 0.5) is 0 Å². The van der Waals surface area contributed by atoms with Crippen LogP contribution in [-0.4, -0.2) is 19.9 Å². The molecule has 0 N–H and O–H groups in total. The largest absolute Gasteiger partial charge is 0.496 e. The number of aliphatic imine (C=N–C) groups is 1. The summed E-state index contributed by atoms with van der Waals surface area (Å²) in [5, 5.41) is 0. The lowest BCUT2D eigenvalue weighted by Crippen LogP contribution is -1.96. The molecule has 20 heavy (non-hydrogen) atoms. The fourth-order valence-corrected chi connectivity index (χ4v) is 1.83. The van der Waals surface area contributed by atoms with E-state index >= 15 is 0 Å². The van der Waals surface area contributed by atoms with Gasteiger partial charge in [0.25, 0.3) is 0 Å². The summed E-state index contributed by atoms with van der Waals surface area (Å²) in [6, 6.07) is 8.04. The quantitative estimate of drug-likeness (QED) is 0.536. The Morgan fingerprint density at radius 1 is 1.15 bits per heavy atom. The summed E-state index contributed by atoms with van der Waals surface area (Å²) in [4.78, 5) is 4.32. The molecule has 0 saturated carbocycles. The number of ether oxygens (including phenoxy) is 1. The summed E-state index contributed by atoms with van der Waals surface area (Å²) >= 11 is 0. The van der Waals surface area contributed by atoms with E-state index < -0.39 is 0 Å². The molecule has 0 heterocycles. The number of benzene rings is 1. The molecule has 0 aliphatic carbocycles. The summed E-state index contributed by atoms with van der Waals surface area (Å²) in [6.45, 7) is 10.9. The van der Waals surface area contributed by atoms with Crippen LogP contribution in [0.15, 0.2) is 47.0 Å². The average molecular weight is 273 g/mol. The van der Waals surface area contributed by atoms with E-state index in [1.165, 1.54) is 0 Å². The first kappa shape index (κ1) is 18.2. The molecule has 0 aliphatic heterocycles. The maximum absolute atomic E-state index is 5.41. The van der Waals surface area contributed by atoms with E-state index in [2.05, 4.69) is 23.2 Å². The van der Waals surface area contributed by atoms with E-state index in [9.17, 15) is 0 Å². The van der Waals surface area contributed by atoms with Gasteiger partial charge in [0.2, 0.25) is 0 Å². The number of para-hydroxylation sites is 1. The highest BCUT2D eigenvalue weighted by Gasteiger charge is 2.09. The van der Waals surface area contributed by atoms with E-state index in [0.29, 0.717) is 0 Å². The van der Waals surface area contributed by atoms with Gasteiger partial charge < -0.3 is 4.74 Å². The van der Waals surface area contributed by atoms with E-state index in [0.717, 1.165) is 29.0 Å². The molecule has 0 fully saturated rings. The Labute approximate surface area is 123 Å². The number of hydrogen-bond acceptors (Lipinski definition) is 2. The zero-order valence-corrected chi connectivity index (χ0v) is 13.6. The van der Waals surface area contributed by atoms with E-state index in [1.54, 1.807) is 7.11 Å². The molecule has 0 unspecified atom stereocenters. The van der Waals surface area contributed by atoms with Crippen LogP contribution >= 0.6 is 0 Å². The topological polar surface area (TPSA) is 21.6 Å². The van der Waals surface area contributed by atoms with Gasteiger partial charge in [0.1, 0.15) is 5.75 Å². The van der Waals surface area contributed by atoms with Gasteiger partial charge in [0, 0.05) is 18.3 Å². The van der Waals surface area contributed by atoms with Crippen LogP contribution in [0.2, 0.25) is 0 Å². The van der Waals surface area contributed by atoms with Gasteiger partial charge in [-0.3, -0.25) is 4.99 Å². The number of nitrogens with zero attached hydrogens (tertiary/aromatic N) is 1. The van der Waals surface area contributed by atoms with Crippen molar-refractivity contribution >= 4 is 11.8 Å². The van der Waals surface area contributed by atoms with Crippen LogP contribution in [0, 0.1) is 0 Å². The molecular formula is C18H27NO. The summed E-state index contributed by atoms with van der Waals surface area (Å²) in [5.41, 5.74) is 3.36. The zero-order valence-electron chi connectivity index (χ0n) is 13.6. The van der Waals surface area contributed by atoms with Crippen molar-refractivity contribution in [2.24, 2.45) is 4.99 Å². The first-order valence-corrected chi connectivity index (χ1v) is 7.24. The Kier molecular flexibility index (Phi) is 10.0. The highest BCUT2D eigenvalue weighted by Crippen LogP contribution is 2.30. The molecule has 2 nitrogen and oxygen atoms in total. The lowest BCUT2D eigenvalue weighted by molar-refractivity contribution is 0.413. The van der Waals surface area contributed by atoms with Crippen molar-refractivity contribution in [3.63, 3.8) is 0 Å². The van der Waals surface area contributed by atoms with Gasteiger partial charge in [-0.1, -0.05) is 44.2 Å². The minimum atomic E-state index is 0.792. The highest BCUT2D eigenvalue weighted by molar-refractivity contribution is 6.01. The summed E-state index contributed by atoms with van der Waals surface area (Å²) < 4.78 is 5.41. The molecule has 0 atom stereocenters. The van der Waals surface area contributed by atoms with Crippen LogP contribution in [-0.2, 0) is 0 Å². The smallest absolute Gasteiger partial charge is 0.126 e. The zero-order chi connectivity index (χ0) is 15.4. The van der Waals surface area contributed by atoms with Gasteiger partial charge in [-0.15, -0.1) is 0 Å².